The largest absolute Gasteiger partial charge is 0.497 e. The maximum atomic E-state index is 12.1. The molecule has 4 rings (SSSR count). The molecule has 2 heterocycles. The standard InChI is InChI=1S/C26H30N4O3/c1-27-26(31)19-11-12-30(17-19)25-16-23(28-24-15-21(32-4)9-10-22(24)25)18-5-7-20(8-6-18)33-14-13-29(2)3/h5-10,15-17H,11-14H2,1-4H3,(H,27,31). The third kappa shape index (κ3) is 5.09. The second-order valence-electron chi connectivity index (χ2n) is 8.26. The molecule has 0 saturated heterocycles. The van der Waals surface area contributed by atoms with Crippen molar-refractivity contribution in [1.82, 2.24) is 15.2 Å². The Morgan fingerprint density at radius 3 is 2.58 bits per heavy atom. The van der Waals surface area contributed by atoms with Gasteiger partial charge in [-0.2, -0.15) is 0 Å². The average molecular weight is 447 g/mol. The number of hydrogen-bond acceptors (Lipinski definition) is 6. The minimum absolute atomic E-state index is 0.0393. The zero-order chi connectivity index (χ0) is 23.4. The summed E-state index contributed by atoms with van der Waals surface area (Å²) in [6.07, 6.45) is 2.64. The first-order valence-electron chi connectivity index (χ1n) is 11.0. The van der Waals surface area contributed by atoms with Gasteiger partial charge in [-0.25, -0.2) is 4.98 Å². The summed E-state index contributed by atoms with van der Waals surface area (Å²) in [7, 11) is 7.36. The number of aromatic nitrogens is 1. The van der Waals surface area contributed by atoms with Gasteiger partial charge in [0.15, 0.2) is 0 Å². The van der Waals surface area contributed by atoms with Gasteiger partial charge in [0.25, 0.3) is 0 Å². The van der Waals surface area contributed by atoms with Crippen molar-refractivity contribution in [3.63, 3.8) is 0 Å². The molecule has 0 aliphatic carbocycles. The molecule has 0 bridgehead atoms. The normalized spacial score (nSPS) is 13.4. The van der Waals surface area contributed by atoms with Crippen molar-refractivity contribution in [2.45, 2.75) is 6.42 Å². The molecule has 33 heavy (non-hydrogen) atoms. The topological polar surface area (TPSA) is 66.9 Å². The van der Waals surface area contributed by atoms with Crippen molar-refractivity contribution in [1.29, 1.82) is 0 Å². The summed E-state index contributed by atoms with van der Waals surface area (Å²) in [5.74, 6) is 1.55. The highest BCUT2D eigenvalue weighted by atomic mass is 16.5. The number of hydrogen-bond donors (Lipinski definition) is 1. The Hall–Kier alpha value is -3.58. The van der Waals surface area contributed by atoms with Crippen LogP contribution in [0.1, 0.15) is 6.42 Å². The highest BCUT2D eigenvalue weighted by Gasteiger charge is 2.21. The SMILES string of the molecule is CNC(=O)C1=CN(c2cc(-c3ccc(OCCN(C)C)cc3)nc3cc(OC)ccc23)CC1. The van der Waals surface area contributed by atoms with Gasteiger partial charge in [-0.15, -0.1) is 0 Å². The summed E-state index contributed by atoms with van der Waals surface area (Å²) in [5, 5.41) is 3.73. The monoisotopic (exact) mass is 446 g/mol. The fraction of sp³-hybridized carbons (Fsp3) is 0.308. The molecular formula is C26H30N4O3. The van der Waals surface area contributed by atoms with Crippen LogP contribution >= 0.6 is 0 Å². The molecule has 172 valence electrons. The lowest BCUT2D eigenvalue weighted by atomic mass is 10.1. The van der Waals surface area contributed by atoms with E-state index in [1.165, 1.54) is 0 Å². The van der Waals surface area contributed by atoms with E-state index in [1.807, 2.05) is 62.8 Å². The van der Waals surface area contributed by atoms with Crippen molar-refractivity contribution in [2.24, 2.45) is 0 Å². The van der Waals surface area contributed by atoms with Crippen LogP contribution in [0.2, 0.25) is 0 Å². The fourth-order valence-corrected chi connectivity index (χ4v) is 3.85. The molecule has 0 spiro atoms. The Kier molecular flexibility index (Phi) is 6.79. The smallest absolute Gasteiger partial charge is 0.248 e. The lowest BCUT2D eigenvalue weighted by molar-refractivity contribution is -0.117. The number of amides is 1. The minimum atomic E-state index is -0.0393. The Labute approximate surface area is 194 Å². The first-order chi connectivity index (χ1) is 16.0. The predicted molar refractivity (Wildman–Crippen MR) is 132 cm³/mol. The molecule has 3 aromatic rings. The molecule has 1 aromatic heterocycles. The lowest BCUT2D eigenvalue weighted by Crippen LogP contribution is -2.19. The summed E-state index contributed by atoms with van der Waals surface area (Å²) in [5.41, 5.74) is 4.48. The number of pyridine rings is 1. The van der Waals surface area contributed by atoms with Crippen LogP contribution in [-0.4, -0.2) is 63.7 Å². The number of nitrogens with one attached hydrogen (secondary N) is 1. The quantitative estimate of drug-likeness (QED) is 0.569. The van der Waals surface area contributed by atoms with E-state index in [9.17, 15) is 4.79 Å². The number of carbonyl (C=O) groups is 1. The van der Waals surface area contributed by atoms with Crippen LogP contribution < -0.4 is 19.7 Å². The second-order valence-corrected chi connectivity index (χ2v) is 8.26. The molecule has 0 atom stereocenters. The summed E-state index contributed by atoms with van der Waals surface area (Å²) in [6.45, 7) is 2.24. The van der Waals surface area contributed by atoms with E-state index in [-0.39, 0.29) is 5.91 Å². The van der Waals surface area contributed by atoms with Gasteiger partial charge in [0.2, 0.25) is 5.91 Å². The molecule has 0 fully saturated rings. The van der Waals surface area contributed by atoms with E-state index in [4.69, 9.17) is 14.5 Å². The van der Waals surface area contributed by atoms with Crippen LogP contribution in [0.4, 0.5) is 5.69 Å². The van der Waals surface area contributed by atoms with Crippen LogP contribution in [0.5, 0.6) is 11.5 Å². The van der Waals surface area contributed by atoms with Gasteiger partial charge in [0.05, 0.1) is 24.0 Å². The highest BCUT2D eigenvalue weighted by Crippen LogP contribution is 2.35. The van der Waals surface area contributed by atoms with Crippen LogP contribution in [0.25, 0.3) is 22.2 Å². The lowest BCUT2D eigenvalue weighted by Gasteiger charge is -2.19. The number of fused-ring (bicyclic) bond motifs is 1. The van der Waals surface area contributed by atoms with E-state index in [2.05, 4.69) is 21.2 Å². The molecule has 7 heteroatoms. The molecule has 1 aliphatic rings. The zero-order valence-electron chi connectivity index (χ0n) is 19.6. The number of rotatable bonds is 8. The van der Waals surface area contributed by atoms with E-state index in [0.29, 0.717) is 13.0 Å². The van der Waals surface area contributed by atoms with E-state index < -0.39 is 0 Å². The van der Waals surface area contributed by atoms with E-state index in [0.717, 1.165) is 58.0 Å². The van der Waals surface area contributed by atoms with Gasteiger partial charge in [0.1, 0.15) is 18.1 Å². The maximum absolute atomic E-state index is 12.1. The molecule has 1 amide bonds. The molecule has 7 nitrogen and oxygen atoms in total. The fourth-order valence-electron chi connectivity index (χ4n) is 3.85. The van der Waals surface area contributed by atoms with Crippen molar-refractivity contribution < 1.29 is 14.3 Å². The van der Waals surface area contributed by atoms with Gasteiger partial charge in [-0.3, -0.25) is 4.79 Å². The molecule has 2 aromatic carbocycles. The highest BCUT2D eigenvalue weighted by molar-refractivity contribution is 5.98. The Bertz CT molecular complexity index is 1170. The van der Waals surface area contributed by atoms with Gasteiger partial charge >= 0.3 is 0 Å². The first kappa shape index (κ1) is 22.6. The third-order valence-corrected chi connectivity index (χ3v) is 5.71. The number of benzene rings is 2. The summed E-state index contributed by atoms with van der Waals surface area (Å²) in [4.78, 5) is 21.3. The molecule has 1 aliphatic heterocycles. The van der Waals surface area contributed by atoms with Crippen LogP contribution in [-0.2, 0) is 4.79 Å². The van der Waals surface area contributed by atoms with E-state index in [1.54, 1.807) is 14.2 Å². The molecule has 0 saturated carbocycles. The summed E-state index contributed by atoms with van der Waals surface area (Å²) in [6, 6.07) is 16.0. The number of ether oxygens (including phenoxy) is 2. The molecule has 0 radical (unpaired) electrons. The van der Waals surface area contributed by atoms with Crippen LogP contribution in [0.3, 0.4) is 0 Å². The van der Waals surface area contributed by atoms with Gasteiger partial charge < -0.3 is 24.6 Å². The number of methoxy groups -OCH3 is 1. The summed E-state index contributed by atoms with van der Waals surface area (Å²) < 4.78 is 11.3. The zero-order valence-corrected chi connectivity index (χ0v) is 19.6. The Morgan fingerprint density at radius 2 is 1.88 bits per heavy atom. The van der Waals surface area contributed by atoms with Gasteiger partial charge in [0, 0.05) is 48.9 Å². The third-order valence-electron chi connectivity index (χ3n) is 5.71. The Morgan fingerprint density at radius 1 is 1.12 bits per heavy atom. The second kappa shape index (κ2) is 9.92. The Balaban J connectivity index is 1.70. The number of nitrogens with zero attached hydrogens (tertiary/aromatic N) is 3. The van der Waals surface area contributed by atoms with Gasteiger partial charge in [-0.05, 0) is 63.0 Å². The van der Waals surface area contributed by atoms with Crippen molar-refractivity contribution >= 4 is 22.5 Å². The van der Waals surface area contributed by atoms with Crippen molar-refractivity contribution in [2.75, 3.05) is 52.8 Å². The summed E-state index contributed by atoms with van der Waals surface area (Å²) >= 11 is 0. The van der Waals surface area contributed by atoms with E-state index >= 15 is 0 Å². The van der Waals surface area contributed by atoms with Crippen LogP contribution in [0, 0.1) is 0 Å². The molecule has 1 N–H and O–H groups in total. The van der Waals surface area contributed by atoms with Crippen molar-refractivity contribution in [3.05, 3.63) is 60.3 Å². The number of carbonyl (C=O) groups excluding carboxylic acids is 1. The first-order valence-corrected chi connectivity index (χ1v) is 11.0. The number of anilines is 1. The van der Waals surface area contributed by atoms with Crippen molar-refractivity contribution in [3.8, 4) is 22.8 Å². The van der Waals surface area contributed by atoms with Crippen LogP contribution in [0.15, 0.2) is 60.3 Å². The minimum Gasteiger partial charge on any atom is -0.497 e. The predicted octanol–water partition coefficient (Wildman–Crippen LogP) is 3.69. The molecule has 0 unspecified atom stereocenters. The average Bonchev–Trinajstić information content (AvgIpc) is 3.33. The maximum Gasteiger partial charge on any atom is 0.248 e. The molecular weight excluding hydrogens is 416 g/mol. The number of likely N-dealkylation sites (N-methyl/N-ethyl adjacent to an activating group) is 2. The van der Waals surface area contributed by atoms with Gasteiger partial charge in [-0.1, -0.05) is 0 Å².